The number of hydrogen-bond acceptors (Lipinski definition) is 9. The molecular formula is C23H30N6O6S. The summed E-state index contributed by atoms with van der Waals surface area (Å²) in [6.07, 6.45) is 4.18. The lowest BCUT2D eigenvalue weighted by molar-refractivity contribution is -0.126. The molecule has 0 fully saturated rings. The van der Waals surface area contributed by atoms with E-state index in [1.54, 1.807) is 22.7 Å². The Hall–Kier alpha value is -3.52. The third kappa shape index (κ3) is 8.02. The highest BCUT2D eigenvalue weighted by atomic mass is 32.1. The summed E-state index contributed by atoms with van der Waals surface area (Å²) in [5.74, 6) is -0.592. The first-order valence-corrected chi connectivity index (χ1v) is 12.2. The van der Waals surface area contributed by atoms with Gasteiger partial charge in [-0.25, -0.2) is 4.98 Å². The lowest BCUT2D eigenvalue weighted by Crippen LogP contribution is -2.30. The third-order valence-electron chi connectivity index (χ3n) is 4.87. The highest BCUT2D eigenvalue weighted by molar-refractivity contribution is 7.15. The van der Waals surface area contributed by atoms with Crippen molar-refractivity contribution in [2.45, 2.75) is 6.42 Å². The molecular weight excluding hydrogens is 488 g/mol. The Balaban J connectivity index is 1.40. The van der Waals surface area contributed by atoms with Crippen LogP contribution in [0.25, 0.3) is 4.96 Å². The second kappa shape index (κ2) is 14.1. The standard InChI is InChI=1S/C23H30N6O6S/c1-33-19-4-3-16(27-22(32)18-14-29-8-12-36-23(29)28-18)13-17(19)21(31)26-7-9-34-10-11-35-15-20(30)25-6-2-5-24/h3-4,8,12-14H,2,5-7,9-11,15,24H2,1H3,(H,25,30)(H,26,31)(H,27,32). The minimum Gasteiger partial charge on any atom is -0.496 e. The molecule has 0 saturated heterocycles. The van der Waals surface area contributed by atoms with E-state index in [2.05, 4.69) is 20.9 Å². The quantitative estimate of drug-likeness (QED) is 0.216. The van der Waals surface area contributed by atoms with Crippen molar-refractivity contribution in [2.75, 3.05) is 58.5 Å². The molecule has 0 aliphatic heterocycles. The number of amides is 3. The van der Waals surface area contributed by atoms with Crippen LogP contribution in [0.3, 0.4) is 0 Å². The number of thiazole rings is 1. The second-order valence-electron chi connectivity index (χ2n) is 7.50. The highest BCUT2D eigenvalue weighted by Gasteiger charge is 2.16. The Morgan fingerprint density at radius 3 is 2.69 bits per heavy atom. The Labute approximate surface area is 212 Å². The molecule has 2 heterocycles. The monoisotopic (exact) mass is 518 g/mol. The van der Waals surface area contributed by atoms with Crippen LogP contribution in [0, 0.1) is 0 Å². The number of anilines is 1. The van der Waals surface area contributed by atoms with Gasteiger partial charge in [-0.2, -0.15) is 0 Å². The number of imidazole rings is 1. The van der Waals surface area contributed by atoms with Gasteiger partial charge in [-0.05, 0) is 31.2 Å². The number of nitrogens with two attached hydrogens (primary N) is 1. The maximum atomic E-state index is 12.7. The summed E-state index contributed by atoms with van der Waals surface area (Å²) in [5.41, 5.74) is 6.34. The van der Waals surface area contributed by atoms with Crippen molar-refractivity contribution in [2.24, 2.45) is 5.73 Å². The van der Waals surface area contributed by atoms with Gasteiger partial charge in [0, 0.05) is 36.6 Å². The number of aromatic nitrogens is 2. The van der Waals surface area contributed by atoms with Crippen LogP contribution in [0.5, 0.6) is 5.75 Å². The molecule has 1 aromatic carbocycles. The summed E-state index contributed by atoms with van der Waals surface area (Å²) in [5, 5.41) is 10.1. The zero-order valence-electron chi connectivity index (χ0n) is 20.0. The Morgan fingerprint density at radius 1 is 1.08 bits per heavy atom. The SMILES string of the molecule is COc1ccc(NC(=O)c2cn3ccsc3n2)cc1C(=O)NCCOCCOCC(=O)NCCCN. The van der Waals surface area contributed by atoms with Crippen LogP contribution in [0.2, 0.25) is 0 Å². The Kier molecular flexibility index (Phi) is 10.6. The summed E-state index contributed by atoms with van der Waals surface area (Å²) in [6, 6.07) is 4.79. The number of hydrogen-bond donors (Lipinski definition) is 4. The van der Waals surface area contributed by atoms with Gasteiger partial charge in [-0.1, -0.05) is 0 Å². The van der Waals surface area contributed by atoms with Gasteiger partial charge in [0.2, 0.25) is 5.91 Å². The molecule has 0 aliphatic rings. The fraction of sp³-hybridized carbons (Fsp3) is 0.391. The van der Waals surface area contributed by atoms with Gasteiger partial charge in [0.15, 0.2) is 4.96 Å². The second-order valence-corrected chi connectivity index (χ2v) is 8.37. The average molecular weight is 519 g/mol. The summed E-state index contributed by atoms with van der Waals surface area (Å²) in [7, 11) is 1.46. The molecule has 5 N–H and O–H groups in total. The predicted octanol–water partition coefficient (Wildman–Crippen LogP) is 0.885. The van der Waals surface area contributed by atoms with Crippen LogP contribution < -0.4 is 26.4 Å². The molecule has 194 valence electrons. The molecule has 0 spiro atoms. The van der Waals surface area contributed by atoms with E-state index in [1.807, 2.05) is 11.6 Å². The number of carbonyl (C=O) groups excluding carboxylic acids is 3. The number of rotatable bonds is 15. The molecule has 2 aromatic heterocycles. The largest absolute Gasteiger partial charge is 0.496 e. The molecule has 12 nitrogen and oxygen atoms in total. The molecule has 0 unspecified atom stereocenters. The van der Waals surface area contributed by atoms with Crippen molar-refractivity contribution in [3.63, 3.8) is 0 Å². The first kappa shape index (κ1) is 27.1. The zero-order valence-corrected chi connectivity index (χ0v) is 20.8. The molecule has 36 heavy (non-hydrogen) atoms. The topological polar surface area (TPSA) is 158 Å². The van der Waals surface area contributed by atoms with E-state index in [0.29, 0.717) is 29.5 Å². The first-order valence-electron chi connectivity index (χ1n) is 11.3. The first-order chi connectivity index (χ1) is 17.5. The van der Waals surface area contributed by atoms with Crippen molar-refractivity contribution in [1.29, 1.82) is 0 Å². The maximum Gasteiger partial charge on any atom is 0.275 e. The van der Waals surface area contributed by atoms with Gasteiger partial charge in [0.05, 0.1) is 32.5 Å². The van der Waals surface area contributed by atoms with E-state index in [0.717, 1.165) is 6.42 Å². The number of nitrogens with zero attached hydrogens (tertiary/aromatic N) is 2. The average Bonchev–Trinajstić information content (AvgIpc) is 3.48. The molecule has 0 aliphatic carbocycles. The lowest BCUT2D eigenvalue weighted by atomic mass is 10.1. The van der Waals surface area contributed by atoms with Crippen LogP contribution >= 0.6 is 11.3 Å². The zero-order chi connectivity index (χ0) is 25.8. The smallest absolute Gasteiger partial charge is 0.275 e. The van der Waals surface area contributed by atoms with Gasteiger partial charge in [0.1, 0.15) is 18.1 Å². The molecule has 0 atom stereocenters. The van der Waals surface area contributed by atoms with E-state index >= 15 is 0 Å². The van der Waals surface area contributed by atoms with Gasteiger partial charge in [0.25, 0.3) is 11.8 Å². The van der Waals surface area contributed by atoms with Crippen LogP contribution in [-0.4, -0.2) is 80.3 Å². The molecule has 13 heteroatoms. The third-order valence-corrected chi connectivity index (χ3v) is 5.64. The molecule has 3 aromatic rings. The van der Waals surface area contributed by atoms with E-state index in [1.165, 1.54) is 24.5 Å². The van der Waals surface area contributed by atoms with Crippen molar-refractivity contribution in [1.82, 2.24) is 20.0 Å². The van der Waals surface area contributed by atoms with Crippen LogP contribution in [0.1, 0.15) is 27.3 Å². The number of nitrogens with one attached hydrogen (secondary N) is 3. The molecule has 0 radical (unpaired) electrons. The molecule has 3 amide bonds. The van der Waals surface area contributed by atoms with Gasteiger partial charge in [-0.15, -0.1) is 11.3 Å². The fourth-order valence-corrected chi connectivity index (χ4v) is 3.79. The minimum absolute atomic E-state index is 0.0452. The Morgan fingerprint density at radius 2 is 1.92 bits per heavy atom. The number of ether oxygens (including phenoxy) is 3. The van der Waals surface area contributed by atoms with Crippen molar-refractivity contribution in [3.8, 4) is 5.75 Å². The summed E-state index contributed by atoms with van der Waals surface area (Å²) in [6.45, 7) is 2.04. The fourth-order valence-electron chi connectivity index (χ4n) is 3.09. The minimum atomic E-state index is -0.383. The number of fused-ring (bicyclic) bond motifs is 1. The van der Waals surface area contributed by atoms with E-state index in [4.69, 9.17) is 19.9 Å². The maximum absolute atomic E-state index is 12.7. The number of carbonyl (C=O) groups is 3. The molecule has 0 saturated carbocycles. The normalized spacial score (nSPS) is 10.8. The summed E-state index contributed by atoms with van der Waals surface area (Å²) >= 11 is 1.43. The van der Waals surface area contributed by atoms with Crippen LogP contribution in [-0.2, 0) is 14.3 Å². The molecule has 0 bridgehead atoms. The van der Waals surface area contributed by atoms with Crippen molar-refractivity contribution in [3.05, 3.63) is 47.2 Å². The predicted molar refractivity (Wildman–Crippen MR) is 135 cm³/mol. The van der Waals surface area contributed by atoms with E-state index < -0.39 is 0 Å². The molecule has 3 rings (SSSR count). The van der Waals surface area contributed by atoms with Gasteiger partial charge >= 0.3 is 0 Å². The van der Waals surface area contributed by atoms with Gasteiger partial charge < -0.3 is 35.9 Å². The van der Waals surface area contributed by atoms with Crippen molar-refractivity contribution >= 4 is 39.7 Å². The van der Waals surface area contributed by atoms with E-state index in [-0.39, 0.29) is 62.0 Å². The number of benzene rings is 1. The van der Waals surface area contributed by atoms with Crippen LogP contribution in [0.4, 0.5) is 5.69 Å². The summed E-state index contributed by atoms with van der Waals surface area (Å²) in [4.78, 5) is 41.7. The van der Waals surface area contributed by atoms with Crippen LogP contribution in [0.15, 0.2) is 36.0 Å². The van der Waals surface area contributed by atoms with E-state index in [9.17, 15) is 14.4 Å². The van der Waals surface area contributed by atoms with Gasteiger partial charge in [-0.3, -0.25) is 18.8 Å². The highest BCUT2D eigenvalue weighted by Crippen LogP contribution is 2.23. The van der Waals surface area contributed by atoms with Crippen molar-refractivity contribution < 1.29 is 28.6 Å². The number of methoxy groups -OCH3 is 1. The Bertz CT molecular complexity index is 1130. The lowest BCUT2D eigenvalue weighted by Gasteiger charge is -2.12. The summed E-state index contributed by atoms with van der Waals surface area (Å²) < 4.78 is 17.7.